The molecule has 1 unspecified atom stereocenters. The molecule has 2 aromatic carbocycles. The van der Waals surface area contributed by atoms with Gasteiger partial charge in [-0.1, -0.05) is 60.2 Å². The molecular weight excluding hydrogens is 475 g/mol. The number of guanidine groups is 1. The van der Waals surface area contributed by atoms with Crippen molar-refractivity contribution in [3.63, 3.8) is 0 Å². The fourth-order valence-corrected chi connectivity index (χ4v) is 2.81. The summed E-state index contributed by atoms with van der Waals surface area (Å²) in [5.41, 5.74) is 3.63. The molecule has 7 heteroatoms. The molecular formula is C22H29IN6. The number of rotatable bonds is 6. The number of aromatic nitrogens is 3. The molecule has 0 fully saturated rings. The number of nitrogens with one attached hydrogen (secondary N) is 2. The van der Waals surface area contributed by atoms with E-state index in [1.165, 1.54) is 16.7 Å². The van der Waals surface area contributed by atoms with Crippen molar-refractivity contribution < 1.29 is 0 Å². The van der Waals surface area contributed by atoms with Crippen LogP contribution in [0.3, 0.4) is 0 Å². The van der Waals surface area contributed by atoms with Gasteiger partial charge in [-0.25, -0.2) is 4.99 Å². The summed E-state index contributed by atoms with van der Waals surface area (Å²) in [6, 6.07) is 18.9. The van der Waals surface area contributed by atoms with Gasteiger partial charge >= 0.3 is 0 Å². The Morgan fingerprint density at radius 2 is 1.72 bits per heavy atom. The van der Waals surface area contributed by atoms with E-state index in [-0.39, 0.29) is 30.0 Å². The van der Waals surface area contributed by atoms with Crippen molar-refractivity contribution in [3.8, 4) is 0 Å². The van der Waals surface area contributed by atoms with Gasteiger partial charge in [-0.3, -0.25) is 0 Å². The van der Waals surface area contributed by atoms with Gasteiger partial charge in [0.25, 0.3) is 0 Å². The Balaban J connectivity index is 0.00000300. The van der Waals surface area contributed by atoms with Gasteiger partial charge in [0.2, 0.25) is 0 Å². The first-order valence-corrected chi connectivity index (χ1v) is 9.53. The summed E-state index contributed by atoms with van der Waals surface area (Å²) in [6.45, 7) is 7.32. The Morgan fingerprint density at radius 3 is 2.34 bits per heavy atom. The standard InChI is InChI=1S/C22H28N6.HI/c1-16-10-12-19(13-11-16)14-23-22(24-15-21-27-26-18(3)28(21)4)25-17(2)20-8-6-5-7-9-20;/h5-13,17H,14-15H2,1-4H3,(H2,23,24,25);1H. The lowest BCUT2D eigenvalue weighted by molar-refractivity contribution is 0.664. The summed E-state index contributed by atoms with van der Waals surface area (Å²) in [7, 11) is 1.97. The lowest BCUT2D eigenvalue weighted by Crippen LogP contribution is -2.39. The van der Waals surface area contributed by atoms with Crippen LogP contribution in [0.25, 0.3) is 0 Å². The molecule has 0 aliphatic carbocycles. The molecule has 6 nitrogen and oxygen atoms in total. The lowest BCUT2D eigenvalue weighted by atomic mass is 10.1. The minimum absolute atomic E-state index is 0. The summed E-state index contributed by atoms with van der Waals surface area (Å²) < 4.78 is 1.98. The van der Waals surface area contributed by atoms with Crippen LogP contribution in [0.4, 0.5) is 0 Å². The Morgan fingerprint density at radius 1 is 1.03 bits per heavy atom. The van der Waals surface area contributed by atoms with Crippen molar-refractivity contribution in [2.45, 2.75) is 39.9 Å². The highest BCUT2D eigenvalue weighted by atomic mass is 127. The van der Waals surface area contributed by atoms with E-state index in [9.17, 15) is 0 Å². The molecule has 0 saturated heterocycles. The van der Waals surface area contributed by atoms with Crippen LogP contribution in [-0.2, 0) is 20.1 Å². The van der Waals surface area contributed by atoms with Gasteiger partial charge in [0.1, 0.15) is 5.82 Å². The van der Waals surface area contributed by atoms with Gasteiger partial charge in [0, 0.05) is 7.05 Å². The number of halogens is 1. The summed E-state index contributed by atoms with van der Waals surface area (Å²) in [5, 5.41) is 15.2. The third-order valence-electron chi connectivity index (χ3n) is 4.79. The largest absolute Gasteiger partial charge is 0.350 e. The maximum atomic E-state index is 4.78. The van der Waals surface area contributed by atoms with Crippen LogP contribution in [0, 0.1) is 13.8 Å². The molecule has 0 bridgehead atoms. The van der Waals surface area contributed by atoms with Gasteiger partial charge in [-0.05, 0) is 31.9 Å². The molecule has 0 amide bonds. The minimum Gasteiger partial charge on any atom is -0.350 e. The molecule has 1 aromatic heterocycles. The zero-order valence-corrected chi connectivity index (χ0v) is 19.7. The van der Waals surface area contributed by atoms with Crippen LogP contribution < -0.4 is 10.6 Å². The summed E-state index contributed by atoms with van der Waals surface area (Å²) in [5.74, 6) is 2.51. The molecule has 0 aliphatic heterocycles. The number of hydrogen-bond donors (Lipinski definition) is 2. The van der Waals surface area contributed by atoms with Gasteiger partial charge in [-0.2, -0.15) is 0 Å². The summed E-state index contributed by atoms with van der Waals surface area (Å²) in [6.07, 6.45) is 0. The lowest BCUT2D eigenvalue weighted by Gasteiger charge is -2.18. The molecule has 2 N–H and O–H groups in total. The summed E-state index contributed by atoms with van der Waals surface area (Å²) in [4.78, 5) is 4.78. The van der Waals surface area contributed by atoms with Crippen molar-refractivity contribution in [1.29, 1.82) is 0 Å². The topological polar surface area (TPSA) is 67.1 Å². The van der Waals surface area contributed by atoms with Crippen molar-refractivity contribution >= 4 is 29.9 Å². The summed E-state index contributed by atoms with van der Waals surface area (Å²) >= 11 is 0. The monoisotopic (exact) mass is 504 g/mol. The van der Waals surface area contributed by atoms with E-state index in [1.54, 1.807) is 0 Å². The molecule has 3 rings (SSSR count). The third-order valence-corrected chi connectivity index (χ3v) is 4.79. The van der Waals surface area contributed by atoms with Crippen molar-refractivity contribution in [3.05, 3.63) is 82.9 Å². The Hall–Kier alpha value is -2.42. The van der Waals surface area contributed by atoms with Crippen LogP contribution in [0.15, 0.2) is 59.6 Å². The van der Waals surface area contributed by atoms with Gasteiger partial charge in [-0.15, -0.1) is 34.2 Å². The Labute approximate surface area is 189 Å². The van der Waals surface area contributed by atoms with E-state index in [1.807, 2.05) is 36.7 Å². The SMILES string of the molecule is Cc1ccc(CN=C(NCc2nnc(C)n2C)NC(C)c2ccccc2)cc1.I. The quantitative estimate of drug-likeness (QED) is 0.302. The van der Waals surface area contributed by atoms with E-state index in [4.69, 9.17) is 4.99 Å². The fourth-order valence-electron chi connectivity index (χ4n) is 2.81. The third kappa shape index (κ3) is 6.56. The highest BCUT2D eigenvalue weighted by Gasteiger charge is 2.10. The number of nitrogens with zero attached hydrogens (tertiary/aromatic N) is 4. The maximum absolute atomic E-state index is 4.78. The molecule has 0 saturated carbocycles. The number of aryl methyl sites for hydroxylation is 2. The van der Waals surface area contributed by atoms with Crippen LogP contribution in [-0.4, -0.2) is 20.7 Å². The van der Waals surface area contributed by atoms with Crippen molar-refractivity contribution in [1.82, 2.24) is 25.4 Å². The molecule has 0 aliphatic rings. The highest BCUT2D eigenvalue weighted by molar-refractivity contribution is 14.0. The molecule has 1 atom stereocenters. The van der Waals surface area contributed by atoms with Gasteiger partial charge < -0.3 is 15.2 Å². The van der Waals surface area contributed by atoms with Crippen LogP contribution in [0.5, 0.6) is 0 Å². The molecule has 1 heterocycles. The van der Waals surface area contributed by atoms with Crippen molar-refractivity contribution in [2.75, 3.05) is 0 Å². The number of hydrogen-bond acceptors (Lipinski definition) is 3. The van der Waals surface area contributed by atoms with E-state index in [0.29, 0.717) is 13.1 Å². The average molecular weight is 504 g/mol. The van der Waals surface area contributed by atoms with Crippen LogP contribution >= 0.6 is 24.0 Å². The zero-order chi connectivity index (χ0) is 19.9. The van der Waals surface area contributed by atoms with E-state index >= 15 is 0 Å². The van der Waals surface area contributed by atoms with E-state index in [2.05, 4.69) is 71.1 Å². The molecule has 0 radical (unpaired) electrons. The minimum atomic E-state index is 0. The maximum Gasteiger partial charge on any atom is 0.192 e. The Bertz CT molecular complexity index is 918. The second-order valence-electron chi connectivity index (χ2n) is 7.00. The average Bonchev–Trinajstić information content (AvgIpc) is 3.04. The predicted octanol–water partition coefficient (Wildman–Crippen LogP) is 4.05. The van der Waals surface area contributed by atoms with E-state index < -0.39 is 0 Å². The van der Waals surface area contributed by atoms with Gasteiger partial charge in [0.15, 0.2) is 11.8 Å². The molecule has 0 spiro atoms. The normalized spacial score (nSPS) is 12.2. The van der Waals surface area contributed by atoms with E-state index in [0.717, 1.165) is 17.6 Å². The highest BCUT2D eigenvalue weighted by Crippen LogP contribution is 2.11. The number of benzene rings is 2. The van der Waals surface area contributed by atoms with Crippen LogP contribution in [0.1, 0.15) is 41.3 Å². The molecule has 3 aromatic rings. The van der Waals surface area contributed by atoms with Crippen LogP contribution in [0.2, 0.25) is 0 Å². The molecule has 29 heavy (non-hydrogen) atoms. The van der Waals surface area contributed by atoms with Crippen molar-refractivity contribution in [2.24, 2.45) is 12.0 Å². The van der Waals surface area contributed by atoms with Gasteiger partial charge in [0.05, 0.1) is 19.1 Å². The second-order valence-corrected chi connectivity index (χ2v) is 7.00. The fraction of sp³-hybridized carbons (Fsp3) is 0.318. The molecule has 154 valence electrons. The Kier molecular flexibility index (Phi) is 8.63. The first-order chi connectivity index (χ1) is 13.5. The number of aliphatic imine (C=N–C) groups is 1. The smallest absolute Gasteiger partial charge is 0.192 e. The second kappa shape index (κ2) is 10.9. The predicted molar refractivity (Wildman–Crippen MR) is 128 cm³/mol. The zero-order valence-electron chi connectivity index (χ0n) is 17.4. The first-order valence-electron chi connectivity index (χ1n) is 9.53. The first kappa shape index (κ1) is 22.9.